The number of benzene rings is 1. The van der Waals surface area contributed by atoms with E-state index in [4.69, 9.17) is 16.5 Å². The third kappa shape index (κ3) is 3.31. The molecule has 2 aliphatic rings. The standard InChI is InChI=1S/C18H26N6O/c1-3-15(25)21-13-8-7-12(2)11-14(13)24-17(20)22-16(19)23-18(24)9-5-4-6-10-18/h7-8,11H,3-6,9-10H2,1-2H3,(H,21,25)(H4,19,20,22,23). The second kappa shape index (κ2) is 6.74. The molecule has 1 amide bonds. The first kappa shape index (κ1) is 17.3. The van der Waals surface area contributed by atoms with E-state index in [2.05, 4.69) is 10.3 Å². The minimum absolute atomic E-state index is 0.0432. The van der Waals surface area contributed by atoms with Gasteiger partial charge in [-0.3, -0.25) is 9.69 Å². The number of carbonyl (C=O) groups excluding carboxylic acids is 1. The number of hydrogen-bond donors (Lipinski definition) is 3. The zero-order chi connectivity index (χ0) is 18.0. The fourth-order valence-corrected chi connectivity index (χ4v) is 3.64. The van der Waals surface area contributed by atoms with Crippen LogP contribution in [0.25, 0.3) is 0 Å². The molecule has 7 heteroatoms. The van der Waals surface area contributed by atoms with Crippen molar-refractivity contribution in [3.8, 4) is 0 Å². The van der Waals surface area contributed by atoms with Crippen LogP contribution in [0.3, 0.4) is 0 Å². The van der Waals surface area contributed by atoms with E-state index in [9.17, 15) is 4.79 Å². The average Bonchev–Trinajstić information content (AvgIpc) is 2.57. The molecule has 0 aromatic heterocycles. The van der Waals surface area contributed by atoms with Gasteiger partial charge in [0.2, 0.25) is 17.8 Å². The maximum atomic E-state index is 12.0. The first-order valence-corrected chi connectivity index (χ1v) is 8.85. The summed E-state index contributed by atoms with van der Waals surface area (Å²) in [5.41, 5.74) is 14.3. The summed E-state index contributed by atoms with van der Waals surface area (Å²) in [6, 6.07) is 5.89. The molecule has 1 heterocycles. The summed E-state index contributed by atoms with van der Waals surface area (Å²) in [5, 5.41) is 2.97. The van der Waals surface area contributed by atoms with E-state index in [0.717, 1.165) is 42.6 Å². The zero-order valence-electron chi connectivity index (χ0n) is 14.9. The van der Waals surface area contributed by atoms with Crippen LogP contribution in [0, 0.1) is 6.92 Å². The van der Waals surface area contributed by atoms with Gasteiger partial charge in [0.25, 0.3) is 0 Å². The van der Waals surface area contributed by atoms with Crippen LogP contribution in [0.2, 0.25) is 0 Å². The fraction of sp³-hybridized carbons (Fsp3) is 0.500. The number of hydrogen-bond acceptors (Lipinski definition) is 6. The second-order valence-corrected chi connectivity index (χ2v) is 6.74. The van der Waals surface area contributed by atoms with Crippen molar-refractivity contribution in [2.75, 3.05) is 10.2 Å². The smallest absolute Gasteiger partial charge is 0.224 e. The molecular formula is C18H26N6O. The number of aliphatic imine (C=N–C) groups is 2. The second-order valence-electron chi connectivity index (χ2n) is 6.74. The summed E-state index contributed by atoms with van der Waals surface area (Å²) in [7, 11) is 0. The van der Waals surface area contributed by atoms with Crippen LogP contribution in [0.4, 0.5) is 11.4 Å². The topological polar surface area (TPSA) is 109 Å². The quantitative estimate of drug-likeness (QED) is 0.784. The van der Waals surface area contributed by atoms with Gasteiger partial charge in [0.05, 0.1) is 11.4 Å². The molecule has 1 spiro atoms. The summed E-state index contributed by atoms with van der Waals surface area (Å²) in [4.78, 5) is 22.8. The molecule has 1 aliphatic carbocycles. The third-order valence-corrected chi connectivity index (χ3v) is 4.84. The molecule has 0 saturated heterocycles. The number of aryl methyl sites for hydroxylation is 1. The monoisotopic (exact) mass is 342 g/mol. The highest BCUT2D eigenvalue weighted by molar-refractivity contribution is 6.08. The Labute approximate surface area is 148 Å². The van der Waals surface area contributed by atoms with E-state index in [0.29, 0.717) is 12.4 Å². The Morgan fingerprint density at radius 3 is 2.68 bits per heavy atom. The summed E-state index contributed by atoms with van der Waals surface area (Å²) in [6.07, 6.45) is 5.42. The van der Waals surface area contributed by atoms with Crippen molar-refractivity contribution in [3.05, 3.63) is 23.8 Å². The summed E-state index contributed by atoms with van der Waals surface area (Å²) in [5.74, 6) is 0.507. The van der Waals surface area contributed by atoms with E-state index < -0.39 is 5.66 Å². The van der Waals surface area contributed by atoms with Crippen molar-refractivity contribution < 1.29 is 4.79 Å². The van der Waals surface area contributed by atoms with Crippen molar-refractivity contribution in [1.29, 1.82) is 0 Å². The van der Waals surface area contributed by atoms with Gasteiger partial charge in [-0.2, -0.15) is 4.99 Å². The predicted octanol–water partition coefficient (Wildman–Crippen LogP) is 2.45. The van der Waals surface area contributed by atoms with Gasteiger partial charge in [-0.15, -0.1) is 0 Å². The third-order valence-electron chi connectivity index (χ3n) is 4.84. The maximum Gasteiger partial charge on any atom is 0.224 e. The first-order chi connectivity index (χ1) is 11.9. The number of anilines is 2. The molecule has 5 N–H and O–H groups in total. The van der Waals surface area contributed by atoms with Crippen molar-refractivity contribution in [3.63, 3.8) is 0 Å². The van der Waals surface area contributed by atoms with Gasteiger partial charge in [-0.25, -0.2) is 4.99 Å². The highest BCUT2D eigenvalue weighted by Crippen LogP contribution is 2.42. The molecule has 134 valence electrons. The number of rotatable bonds is 3. The first-order valence-electron chi connectivity index (χ1n) is 8.85. The summed E-state index contributed by atoms with van der Waals surface area (Å²) < 4.78 is 0. The van der Waals surface area contributed by atoms with Crippen LogP contribution in [0.15, 0.2) is 28.2 Å². The van der Waals surface area contributed by atoms with E-state index in [1.165, 1.54) is 6.42 Å². The lowest BCUT2D eigenvalue weighted by molar-refractivity contribution is -0.115. The van der Waals surface area contributed by atoms with Crippen LogP contribution in [-0.4, -0.2) is 23.5 Å². The number of nitrogens with zero attached hydrogens (tertiary/aromatic N) is 3. The van der Waals surface area contributed by atoms with Gasteiger partial charge in [0, 0.05) is 6.42 Å². The van der Waals surface area contributed by atoms with Crippen LogP contribution in [0.1, 0.15) is 51.0 Å². The Bertz CT molecular complexity index is 733. The largest absolute Gasteiger partial charge is 0.369 e. The average molecular weight is 342 g/mol. The zero-order valence-corrected chi connectivity index (χ0v) is 14.9. The summed E-state index contributed by atoms with van der Waals surface area (Å²) in [6.45, 7) is 3.84. The molecule has 0 atom stereocenters. The van der Waals surface area contributed by atoms with E-state index >= 15 is 0 Å². The Morgan fingerprint density at radius 2 is 2.00 bits per heavy atom. The Balaban J connectivity index is 2.10. The van der Waals surface area contributed by atoms with Gasteiger partial charge < -0.3 is 16.8 Å². The number of guanidine groups is 2. The van der Waals surface area contributed by atoms with Crippen molar-refractivity contribution in [2.24, 2.45) is 21.5 Å². The van der Waals surface area contributed by atoms with E-state index in [1.807, 2.05) is 36.9 Å². The van der Waals surface area contributed by atoms with Gasteiger partial charge >= 0.3 is 0 Å². The molecular weight excluding hydrogens is 316 g/mol. The van der Waals surface area contributed by atoms with E-state index in [1.54, 1.807) is 0 Å². The van der Waals surface area contributed by atoms with Gasteiger partial charge in [0.1, 0.15) is 5.66 Å². The predicted molar refractivity (Wildman–Crippen MR) is 102 cm³/mol. The molecule has 1 aromatic carbocycles. The van der Waals surface area contributed by atoms with Crippen molar-refractivity contribution >= 4 is 29.2 Å². The number of carbonyl (C=O) groups is 1. The number of nitrogens with two attached hydrogens (primary N) is 2. The minimum atomic E-state index is -0.520. The SMILES string of the molecule is CCC(=O)Nc1ccc(C)cc1N1C(N)=NC(N)=NC12CCCCC2. The molecule has 7 nitrogen and oxygen atoms in total. The summed E-state index contributed by atoms with van der Waals surface area (Å²) >= 11 is 0. The highest BCUT2D eigenvalue weighted by Gasteiger charge is 2.43. The van der Waals surface area contributed by atoms with Crippen LogP contribution >= 0.6 is 0 Å². The molecule has 0 radical (unpaired) electrons. The Hall–Kier alpha value is -2.57. The fourth-order valence-electron chi connectivity index (χ4n) is 3.64. The van der Waals surface area contributed by atoms with E-state index in [-0.39, 0.29) is 11.9 Å². The van der Waals surface area contributed by atoms with Gasteiger partial charge in [0.15, 0.2) is 0 Å². The van der Waals surface area contributed by atoms with Gasteiger partial charge in [-0.05, 0) is 50.3 Å². The molecule has 1 fully saturated rings. The lowest BCUT2D eigenvalue weighted by Gasteiger charge is -2.46. The lowest BCUT2D eigenvalue weighted by Crippen LogP contribution is -2.58. The maximum absolute atomic E-state index is 12.0. The molecule has 25 heavy (non-hydrogen) atoms. The minimum Gasteiger partial charge on any atom is -0.369 e. The Morgan fingerprint density at radius 1 is 1.28 bits per heavy atom. The molecule has 1 saturated carbocycles. The van der Waals surface area contributed by atoms with Gasteiger partial charge in [-0.1, -0.05) is 19.4 Å². The van der Waals surface area contributed by atoms with Crippen LogP contribution < -0.4 is 21.7 Å². The highest BCUT2D eigenvalue weighted by atomic mass is 16.1. The van der Waals surface area contributed by atoms with Crippen LogP contribution in [-0.2, 0) is 4.79 Å². The molecule has 0 unspecified atom stereocenters. The molecule has 3 rings (SSSR count). The molecule has 1 aromatic rings. The lowest BCUT2D eigenvalue weighted by atomic mass is 9.87. The van der Waals surface area contributed by atoms with Crippen molar-refractivity contribution in [1.82, 2.24) is 0 Å². The molecule has 1 aliphatic heterocycles. The van der Waals surface area contributed by atoms with Crippen LogP contribution in [0.5, 0.6) is 0 Å². The number of nitrogens with one attached hydrogen (secondary N) is 1. The normalized spacial score (nSPS) is 19.4. The molecule has 0 bridgehead atoms. The number of amides is 1. The Kier molecular flexibility index (Phi) is 4.65. The van der Waals surface area contributed by atoms with Crippen molar-refractivity contribution in [2.45, 2.75) is 58.0 Å².